The normalized spacial score (nSPS) is 14.9. The van der Waals surface area contributed by atoms with E-state index in [4.69, 9.17) is 11.6 Å². The summed E-state index contributed by atoms with van der Waals surface area (Å²) in [6, 6.07) is 8.38. The minimum Gasteiger partial charge on any atom is -0.351 e. The number of aryl methyl sites for hydroxylation is 1. The van der Waals surface area contributed by atoms with Crippen LogP contribution in [0.3, 0.4) is 0 Å². The molecule has 0 unspecified atom stereocenters. The van der Waals surface area contributed by atoms with Crippen molar-refractivity contribution in [1.29, 1.82) is 0 Å². The van der Waals surface area contributed by atoms with Crippen LogP contribution < -0.4 is 10.5 Å². The Bertz CT molecular complexity index is 653. The Kier molecular flexibility index (Phi) is 3.25. The van der Waals surface area contributed by atoms with Crippen LogP contribution in [-0.4, -0.2) is 16.5 Å². The Balaban J connectivity index is 1.99. The van der Waals surface area contributed by atoms with Crippen molar-refractivity contribution in [3.8, 4) is 0 Å². The number of H-pyrrole nitrogens is 1. The number of rotatable bonds is 1. The largest absolute Gasteiger partial charge is 0.351 e. The summed E-state index contributed by atoms with van der Waals surface area (Å²) in [7, 11) is 0. The van der Waals surface area contributed by atoms with Crippen LogP contribution in [0.25, 0.3) is 0 Å². The summed E-state index contributed by atoms with van der Waals surface area (Å²) in [6.45, 7) is 1.59. The van der Waals surface area contributed by atoms with Gasteiger partial charge < -0.3 is 9.88 Å². The van der Waals surface area contributed by atoms with Gasteiger partial charge in [0.15, 0.2) is 5.82 Å². The molecule has 0 radical (unpaired) electrons. The number of aromatic amines is 1. The first-order valence-corrected chi connectivity index (χ1v) is 6.68. The molecule has 0 bridgehead atoms. The van der Waals surface area contributed by atoms with Crippen molar-refractivity contribution < 1.29 is 0 Å². The van der Waals surface area contributed by atoms with Gasteiger partial charge in [0, 0.05) is 13.1 Å². The van der Waals surface area contributed by atoms with Crippen LogP contribution in [0.5, 0.6) is 0 Å². The van der Waals surface area contributed by atoms with E-state index in [1.165, 1.54) is 17.5 Å². The quantitative estimate of drug-likeness (QED) is 0.869. The smallest absolute Gasteiger partial charge is 0.271 e. The molecule has 0 atom stereocenters. The van der Waals surface area contributed by atoms with E-state index in [2.05, 4.69) is 33.1 Å². The molecule has 0 amide bonds. The van der Waals surface area contributed by atoms with E-state index in [1.807, 2.05) is 6.07 Å². The Labute approximate surface area is 116 Å². The summed E-state index contributed by atoms with van der Waals surface area (Å²) < 4.78 is 0. The van der Waals surface area contributed by atoms with E-state index in [9.17, 15) is 4.79 Å². The number of nitrogens with one attached hydrogen (secondary N) is 1. The summed E-state index contributed by atoms with van der Waals surface area (Å²) in [6.07, 6.45) is 3.48. The van der Waals surface area contributed by atoms with Crippen LogP contribution in [0.1, 0.15) is 17.5 Å². The average Bonchev–Trinajstić information content (AvgIpc) is 2.64. The second-order valence-corrected chi connectivity index (χ2v) is 5.04. The van der Waals surface area contributed by atoms with E-state index >= 15 is 0 Å². The lowest BCUT2D eigenvalue weighted by atomic mass is 10.0. The zero-order valence-corrected chi connectivity index (χ0v) is 11.2. The van der Waals surface area contributed by atoms with Gasteiger partial charge in [0.25, 0.3) is 5.56 Å². The molecule has 5 heteroatoms. The highest BCUT2D eigenvalue weighted by atomic mass is 35.5. The van der Waals surface area contributed by atoms with Crippen molar-refractivity contribution in [2.75, 3.05) is 11.4 Å². The Morgan fingerprint density at radius 1 is 1.26 bits per heavy atom. The van der Waals surface area contributed by atoms with Gasteiger partial charge in [-0.25, -0.2) is 4.98 Å². The van der Waals surface area contributed by atoms with Gasteiger partial charge in [-0.3, -0.25) is 4.79 Å². The summed E-state index contributed by atoms with van der Waals surface area (Å²) in [5, 5.41) is 0.168. The lowest BCUT2D eigenvalue weighted by Gasteiger charge is -2.22. The molecule has 1 aliphatic heterocycles. The minimum absolute atomic E-state index is 0.168. The van der Waals surface area contributed by atoms with Crippen molar-refractivity contribution in [3.05, 3.63) is 57.1 Å². The number of hydrogen-bond acceptors (Lipinski definition) is 3. The van der Waals surface area contributed by atoms with E-state index in [0.29, 0.717) is 5.82 Å². The van der Waals surface area contributed by atoms with Crippen LogP contribution >= 0.6 is 11.6 Å². The Hall–Kier alpha value is -1.81. The number of halogens is 1. The molecule has 0 saturated heterocycles. The fourth-order valence-electron chi connectivity index (χ4n) is 2.48. The van der Waals surface area contributed by atoms with Gasteiger partial charge in [-0.15, -0.1) is 0 Å². The molecular weight excluding hydrogens is 262 g/mol. The fourth-order valence-corrected chi connectivity index (χ4v) is 2.70. The molecule has 0 spiro atoms. The molecule has 98 valence electrons. The number of hydrogen-bond donors (Lipinski definition) is 1. The summed E-state index contributed by atoms with van der Waals surface area (Å²) in [5.41, 5.74) is 2.35. The van der Waals surface area contributed by atoms with Gasteiger partial charge in [0.2, 0.25) is 0 Å². The molecule has 19 heavy (non-hydrogen) atoms. The molecule has 0 saturated carbocycles. The Morgan fingerprint density at radius 2 is 2.05 bits per heavy atom. The lowest BCUT2D eigenvalue weighted by molar-refractivity contribution is 0.752. The maximum atomic E-state index is 11.6. The number of benzene rings is 1. The number of anilines is 1. The second kappa shape index (κ2) is 5.05. The van der Waals surface area contributed by atoms with Crippen molar-refractivity contribution in [2.24, 2.45) is 0 Å². The summed E-state index contributed by atoms with van der Waals surface area (Å²) in [5.74, 6) is 0.571. The third-order valence-corrected chi connectivity index (χ3v) is 3.77. The third kappa shape index (κ3) is 2.36. The maximum Gasteiger partial charge on any atom is 0.271 e. The average molecular weight is 276 g/mol. The van der Waals surface area contributed by atoms with Crippen molar-refractivity contribution in [2.45, 2.75) is 19.4 Å². The Morgan fingerprint density at radius 3 is 2.89 bits per heavy atom. The number of fused-ring (bicyclic) bond motifs is 1. The van der Waals surface area contributed by atoms with Crippen LogP contribution in [0.2, 0.25) is 5.02 Å². The highest BCUT2D eigenvalue weighted by molar-refractivity contribution is 6.32. The predicted octanol–water partition coefficient (Wildman–Crippen LogP) is 2.38. The first-order valence-electron chi connectivity index (χ1n) is 6.30. The first-order chi connectivity index (χ1) is 9.25. The maximum absolute atomic E-state index is 11.6. The zero-order valence-electron chi connectivity index (χ0n) is 10.4. The molecule has 1 aromatic carbocycles. The monoisotopic (exact) mass is 275 g/mol. The van der Waals surface area contributed by atoms with Crippen LogP contribution in [0.4, 0.5) is 5.82 Å². The van der Waals surface area contributed by atoms with Crippen LogP contribution in [0.15, 0.2) is 35.4 Å². The predicted molar refractivity (Wildman–Crippen MR) is 75.7 cm³/mol. The molecule has 1 N–H and O–H groups in total. The molecule has 2 heterocycles. The molecule has 4 nitrogen and oxygen atoms in total. The van der Waals surface area contributed by atoms with Gasteiger partial charge >= 0.3 is 0 Å². The molecular formula is C14H14ClN3O. The zero-order chi connectivity index (χ0) is 13.2. The molecule has 3 rings (SSSR count). The first kappa shape index (κ1) is 12.2. The lowest BCUT2D eigenvalue weighted by Crippen LogP contribution is -2.26. The molecule has 2 aromatic rings. The molecule has 1 aliphatic rings. The topological polar surface area (TPSA) is 49.0 Å². The van der Waals surface area contributed by atoms with Gasteiger partial charge in [-0.05, 0) is 24.0 Å². The van der Waals surface area contributed by atoms with Gasteiger partial charge in [0.1, 0.15) is 5.02 Å². The molecule has 1 aromatic heterocycles. The molecule has 0 aliphatic carbocycles. The van der Waals surface area contributed by atoms with Crippen molar-refractivity contribution in [1.82, 2.24) is 9.97 Å². The summed E-state index contributed by atoms with van der Waals surface area (Å²) >= 11 is 6.06. The standard InChI is InChI=1S/C14H14ClN3O/c15-12-13(16-9-17-14(12)19)18-7-3-6-10-4-1-2-5-11(10)8-18/h1-2,4-5,9H,3,6-8H2,(H,16,17,19). The SMILES string of the molecule is O=c1[nH]cnc(N2CCCc3ccccc3C2)c1Cl. The summed E-state index contributed by atoms with van der Waals surface area (Å²) in [4.78, 5) is 20.3. The highest BCUT2D eigenvalue weighted by Crippen LogP contribution is 2.25. The second-order valence-electron chi connectivity index (χ2n) is 4.66. The number of aromatic nitrogens is 2. The van der Waals surface area contributed by atoms with Gasteiger partial charge in [0.05, 0.1) is 6.33 Å². The van der Waals surface area contributed by atoms with Crippen LogP contribution in [-0.2, 0) is 13.0 Å². The van der Waals surface area contributed by atoms with Gasteiger partial charge in [-0.2, -0.15) is 0 Å². The van der Waals surface area contributed by atoms with Crippen LogP contribution in [0, 0.1) is 0 Å². The van der Waals surface area contributed by atoms with E-state index in [0.717, 1.165) is 25.9 Å². The number of nitrogens with zero attached hydrogens (tertiary/aromatic N) is 2. The van der Waals surface area contributed by atoms with E-state index in [-0.39, 0.29) is 10.6 Å². The highest BCUT2D eigenvalue weighted by Gasteiger charge is 2.18. The minimum atomic E-state index is -0.288. The third-order valence-electron chi connectivity index (χ3n) is 3.43. The fraction of sp³-hybridized carbons (Fsp3) is 0.286. The molecule has 0 fully saturated rings. The van der Waals surface area contributed by atoms with Gasteiger partial charge in [-0.1, -0.05) is 35.9 Å². The van der Waals surface area contributed by atoms with E-state index < -0.39 is 0 Å². The van der Waals surface area contributed by atoms with Crippen molar-refractivity contribution in [3.63, 3.8) is 0 Å². The van der Waals surface area contributed by atoms with Crippen molar-refractivity contribution >= 4 is 17.4 Å². The van der Waals surface area contributed by atoms with E-state index in [1.54, 1.807) is 0 Å².